The third-order valence-electron chi connectivity index (χ3n) is 2.19. The van der Waals surface area contributed by atoms with Crippen LogP contribution in [0.2, 0.25) is 0 Å². The zero-order valence-electron chi connectivity index (χ0n) is 9.15. The van der Waals surface area contributed by atoms with Gasteiger partial charge in [-0.15, -0.1) is 0 Å². The van der Waals surface area contributed by atoms with Crippen LogP contribution in [0.5, 0.6) is 0 Å². The molecule has 0 saturated carbocycles. The summed E-state index contributed by atoms with van der Waals surface area (Å²) in [7, 11) is 0. The lowest BCUT2D eigenvalue weighted by Crippen LogP contribution is -2.13. The Balaban J connectivity index is 2.18. The van der Waals surface area contributed by atoms with Gasteiger partial charge in [-0.1, -0.05) is 0 Å². The van der Waals surface area contributed by atoms with E-state index in [9.17, 15) is 4.79 Å². The molecule has 0 fully saturated rings. The quantitative estimate of drug-likeness (QED) is 0.826. The largest absolute Gasteiger partial charge is 0.467 e. The van der Waals surface area contributed by atoms with Crippen LogP contribution in [0.1, 0.15) is 24.6 Å². The van der Waals surface area contributed by atoms with Crippen molar-refractivity contribution in [2.45, 2.75) is 19.9 Å². The van der Waals surface area contributed by atoms with Gasteiger partial charge in [-0.25, -0.2) is 4.98 Å². The van der Waals surface area contributed by atoms with E-state index in [1.165, 1.54) is 6.07 Å². The van der Waals surface area contributed by atoms with E-state index < -0.39 is 0 Å². The fraction of sp³-hybridized carbons (Fsp3) is 0.273. The number of nitrogens with one attached hydrogen (secondary N) is 2. The Morgan fingerprint density at radius 1 is 1.56 bits per heavy atom. The molecule has 5 nitrogen and oxygen atoms in total. The second-order valence-corrected chi connectivity index (χ2v) is 3.60. The molecular weight excluding hydrogens is 206 g/mol. The van der Waals surface area contributed by atoms with E-state index in [2.05, 4.69) is 15.3 Å². The number of hydrogen-bond acceptors (Lipinski definition) is 4. The van der Waals surface area contributed by atoms with Crippen molar-refractivity contribution < 1.29 is 4.42 Å². The monoisotopic (exact) mass is 219 g/mol. The van der Waals surface area contributed by atoms with Crippen molar-refractivity contribution in [2.24, 2.45) is 0 Å². The maximum Gasteiger partial charge on any atom is 0.252 e. The molecule has 2 aromatic rings. The first-order valence-electron chi connectivity index (χ1n) is 5.03. The summed E-state index contributed by atoms with van der Waals surface area (Å²) >= 11 is 0. The van der Waals surface area contributed by atoms with Gasteiger partial charge in [-0.2, -0.15) is 0 Å². The Morgan fingerprint density at radius 2 is 2.38 bits per heavy atom. The molecule has 0 spiro atoms. The lowest BCUT2D eigenvalue weighted by molar-refractivity contribution is 0.490. The summed E-state index contributed by atoms with van der Waals surface area (Å²) in [6.07, 6.45) is 1.62. The van der Waals surface area contributed by atoms with Crippen molar-refractivity contribution in [2.75, 3.05) is 5.32 Å². The van der Waals surface area contributed by atoms with Crippen LogP contribution in [-0.2, 0) is 0 Å². The normalized spacial score (nSPS) is 12.4. The topological polar surface area (TPSA) is 70.9 Å². The Bertz CT molecular complexity index is 516. The standard InChI is InChI=1S/C11H13N3O2/c1-7(9-4-3-5-16-9)12-10-6-11(15)14-8(2)13-10/h3-7H,1-2H3,(H2,12,13,14,15). The van der Waals surface area contributed by atoms with Crippen LogP contribution in [0.3, 0.4) is 0 Å². The number of rotatable bonds is 3. The van der Waals surface area contributed by atoms with Gasteiger partial charge in [0, 0.05) is 6.07 Å². The first-order valence-corrected chi connectivity index (χ1v) is 5.03. The summed E-state index contributed by atoms with van der Waals surface area (Å²) in [4.78, 5) is 18.0. The molecule has 0 aliphatic rings. The van der Waals surface area contributed by atoms with Crippen molar-refractivity contribution in [3.8, 4) is 0 Å². The van der Waals surface area contributed by atoms with Gasteiger partial charge in [0.25, 0.3) is 5.56 Å². The first-order chi connectivity index (χ1) is 7.65. The third kappa shape index (κ3) is 2.31. The Morgan fingerprint density at radius 3 is 3.00 bits per heavy atom. The zero-order valence-corrected chi connectivity index (χ0v) is 9.15. The molecule has 2 rings (SSSR count). The lowest BCUT2D eigenvalue weighted by Gasteiger charge is -2.11. The third-order valence-corrected chi connectivity index (χ3v) is 2.19. The van der Waals surface area contributed by atoms with E-state index >= 15 is 0 Å². The van der Waals surface area contributed by atoms with Crippen molar-refractivity contribution in [3.63, 3.8) is 0 Å². The molecule has 84 valence electrons. The maximum atomic E-state index is 11.2. The minimum absolute atomic E-state index is 0.0244. The van der Waals surface area contributed by atoms with E-state index in [0.717, 1.165) is 5.76 Å². The zero-order chi connectivity index (χ0) is 11.5. The minimum Gasteiger partial charge on any atom is -0.467 e. The highest BCUT2D eigenvalue weighted by atomic mass is 16.3. The molecule has 2 N–H and O–H groups in total. The van der Waals surface area contributed by atoms with Gasteiger partial charge >= 0.3 is 0 Å². The molecule has 0 saturated heterocycles. The summed E-state index contributed by atoms with van der Waals surface area (Å²) in [5, 5.41) is 3.10. The van der Waals surface area contributed by atoms with Gasteiger partial charge < -0.3 is 14.7 Å². The summed E-state index contributed by atoms with van der Waals surface area (Å²) in [5.74, 6) is 1.94. The fourth-order valence-electron chi connectivity index (χ4n) is 1.48. The highest BCUT2D eigenvalue weighted by Gasteiger charge is 2.08. The lowest BCUT2D eigenvalue weighted by atomic mass is 10.2. The number of hydrogen-bond donors (Lipinski definition) is 2. The molecule has 0 aliphatic carbocycles. The second kappa shape index (κ2) is 4.22. The molecule has 0 radical (unpaired) electrons. The van der Waals surface area contributed by atoms with E-state index in [4.69, 9.17) is 4.42 Å². The Kier molecular flexibility index (Phi) is 2.76. The smallest absolute Gasteiger partial charge is 0.252 e. The molecule has 16 heavy (non-hydrogen) atoms. The molecular formula is C11H13N3O2. The molecule has 0 amide bonds. The SMILES string of the molecule is Cc1nc(NC(C)c2ccco2)cc(=O)[nH]1. The van der Waals surface area contributed by atoms with Gasteiger partial charge in [-0.05, 0) is 26.0 Å². The molecule has 1 atom stereocenters. The Hall–Kier alpha value is -2.04. The summed E-state index contributed by atoms with van der Waals surface area (Å²) < 4.78 is 5.25. The molecule has 5 heteroatoms. The van der Waals surface area contributed by atoms with Crippen LogP contribution in [0.4, 0.5) is 5.82 Å². The van der Waals surface area contributed by atoms with Crippen molar-refractivity contribution in [1.82, 2.24) is 9.97 Å². The average molecular weight is 219 g/mol. The minimum atomic E-state index is -0.165. The van der Waals surface area contributed by atoms with Gasteiger partial charge in [0.2, 0.25) is 0 Å². The van der Waals surface area contributed by atoms with Crippen molar-refractivity contribution in [1.29, 1.82) is 0 Å². The molecule has 0 aliphatic heterocycles. The predicted molar refractivity (Wildman–Crippen MR) is 60.3 cm³/mol. The van der Waals surface area contributed by atoms with E-state index in [-0.39, 0.29) is 11.6 Å². The number of nitrogens with zero attached hydrogens (tertiary/aromatic N) is 1. The van der Waals surface area contributed by atoms with Crippen LogP contribution in [0.25, 0.3) is 0 Å². The van der Waals surface area contributed by atoms with Gasteiger partial charge in [0.05, 0.1) is 12.3 Å². The average Bonchev–Trinajstić information content (AvgIpc) is 2.68. The van der Waals surface area contributed by atoms with E-state index in [1.807, 2.05) is 19.1 Å². The summed E-state index contributed by atoms with van der Waals surface area (Å²) in [6, 6.07) is 5.09. The number of aromatic nitrogens is 2. The van der Waals surface area contributed by atoms with Crippen LogP contribution in [0.15, 0.2) is 33.7 Å². The Labute approximate surface area is 92.5 Å². The van der Waals surface area contributed by atoms with Crippen LogP contribution >= 0.6 is 0 Å². The highest BCUT2D eigenvalue weighted by molar-refractivity contribution is 5.35. The molecule has 0 aromatic carbocycles. The number of furan rings is 1. The number of anilines is 1. The molecule has 2 heterocycles. The number of aromatic amines is 1. The van der Waals surface area contributed by atoms with Crippen LogP contribution in [-0.4, -0.2) is 9.97 Å². The van der Waals surface area contributed by atoms with Crippen LogP contribution in [0, 0.1) is 6.92 Å². The van der Waals surface area contributed by atoms with E-state index in [1.54, 1.807) is 13.2 Å². The second-order valence-electron chi connectivity index (χ2n) is 3.60. The van der Waals surface area contributed by atoms with Crippen molar-refractivity contribution >= 4 is 5.82 Å². The fourth-order valence-corrected chi connectivity index (χ4v) is 1.48. The van der Waals surface area contributed by atoms with Crippen molar-refractivity contribution in [3.05, 3.63) is 46.4 Å². The number of aryl methyl sites for hydroxylation is 1. The van der Waals surface area contributed by atoms with Crippen LogP contribution < -0.4 is 10.9 Å². The molecule has 0 bridgehead atoms. The molecule has 1 unspecified atom stereocenters. The first kappa shape index (κ1) is 10.5. The summed E-state index contributed by atoms with van der Waals surface area (Å²) in [6.45, 7) is 3.68. The van der Waals surface area contributed by atoms with Gasteiger partial charge in [-0.3, -0.25) is 4.79 Å². The van der Waals surface area contributed by atoms with Gasteiger partial charge in [0.15, 0.2) is 0 Å². The predicted octanol–water partition coefficient (Wildman–Crippen LogP) is 1.84. The van der Waals surface area contributed by atoms with E-state index in [0.29, 0.717) is 11.6 Å². The molecule has 2 aromatic heterocycles. The highest BCUT2D eigenvalue weighted by Crippen LogP contribution is 2.16. The maximum absolute atomic E-state index is 11.2. The number of H-pyrrole nitrogens is 1. The van der Waals surface area contributed by atoms with Gasteiger partial charge in [0.1, 0.15) is 17.4 Å². The summed E-state index contributed by atoms with van der Waals surface area (Å²) in [5.41, 5.74) is -0.165.